The average molecular weight is 295 g/mol. The molecule has 1 atom stereocenters. The second kappa shape index (κ2) is 7.08. The van der Waals surface area contributed by atoms with E-state index in [9.17, 15) is 4.79 Å². The van der Waals surface area contributed by atoms with Crippen molar-refractivity contribution in [1.82, 2.24) is 5.32 Å². The van der Waals surface area contributed by atoms with Crippen molar-refractivity contribution in [2.24, 2.45) is 5.92 Å². The van der Waals surface area contributed by atoms with Crippen molar-refractivity contribution >= 4 is 21.8 Å². The van der Waals surface area contributed by atoms with Crippen LogP contribution in [-0.4, -0.2) is 5.91 Å². The lowest BCUT2D eigenvalue weighted by Gasteiger charge is -2.09. The summed E-state index contributed by atoms with van der Waals surface area (Å²) in [5, 5.41) is 11.6. The number of rotatable bonds is 5. The van der Waals surface area contributed by atoms with Crippen LogP contribution in [-0.2, 0) is 11.3 Å². The lowest BCUT2D eigenvalue weighted by atomic mass is 10.0. The molecule has 3 nitrogen and oxygen atoms in total. The fourth-order valence-corrected chi connectivity index (χ4v) is 1.72. The summed E-state index contributed by atoms with van der Waals surface area (Å²) in [7, 11) is 0. The minimum absolute atomic E-state index is 0.183. The predicted molar refractivity (Wildman–Crippen MR) is 70.0 cm³/mol. The van der Waals surface area contributed by atoms with Gasteiger partial charge in [-0.1, -0.05) is 41.4 Å². The zero-order valence-corrected chi connectivity index (χ0v) is 11.3. The van der Waals surface area contributed by atoms with Gasteiger partial charge in [0.05, 0.1) is 6.07 Å². The van der Waals surface area contributed by atoms with Crippen LogP contribution in [0.1, 0.15) is 25.3 Å². The maximum absolute atomic E-state index is 11.7. The topological polar surface area (TPSA) is 52.9 Å². The van der Waals surface area contributed by atoms with Crippen molar-refractivity contribution in [3.63, 3.8) is 0 Å². The van der Waals surface area contributed by atoms with E-state index in [2.05, 4.69) is 21.2 Å². The Morgan fingerprint density at radius 1 is 1.47 bits per heavy atom. The highest BCUT2D eigenvalue weighted by Crippen LogP contribution is 2.11. The summed E-state index contributed by atoms with van der Waals surface area (Å²) in [6.07, 6.45) is 1.45. The zero-order chi connectivity index (χ0) is 12.7. The zero-order valence-electron chi connectivity index (χ0n) is 9.74. The molecule has 0 aliphatic carbocycles. The van der Waals surface area contributed by atoms with Crippen LogP contribution in [0.2, 0.25) is 0 Å². The SMILES string of the molecule is CCCC(C#N)C(=O)NCc1ccc(Br)cc1. The van der Waals surface area contributed by atoms with Crippen LogP contribution in [0.15, 0.2) is 28.7 Å². The quantitative estimate of drug-likeness (QED) is 0.908. The van der Waals surface area contributed by atoms with Crippen molar-refractivity contribution < 1.29 is 4.79 Å². The fourth-order valence-electron chi connectivity index (χ4n) is 1.46. The van der Waals surface area contributed by atoms with Gasteiger partial charge < -0.3 is 5.32 Å². The van der Waals surface area contributed by atoms with E-state index >= 15 is 0 Å². The molecule has 1 aromatic carbocycles. The Morgan fingerprint density at radius 3 is 2.65 bits per heavy atom. The fraction of sp³-hybridized carbons (Fsp3) is 0.385. The van der Waals surface area contributed by atoms with Crippen LogP contribution < -0.4 is 5.32 Å². The molecule has 90 valence electrons. The molecule has 1 N–H and O–H groups in total. The van der Waals surface area contributed by atoms with Crippen LogP contribution >= 0.6 is 15.9 Å². The summed E-state index contributed by atoms with van der Waals surface area (Å²) >= 11 is 3.35. The summed E-state index contributed by atoms with van der Waals surface area (Å²) in [5.74, 6) is -0.715. The Balaban J connectivity index is 2.47. The molecule has 1 aromatic rings. The molecule has 0 aromatic heterocycles. The number of hydrogen-bond acceptors (Lipinski definition) is 2. The number of hydrogen-bond donors (Lipinski definition) is 1. The van der Waals surface area contributed by atoms with E-state index in [4.69, 9.17) is 5.26 Å². The van der Waals surface area contributed by atoms with Gasteiger partial charge >= 0.3 is 0 Å². The van der Waals surface area contributed by atoms with E-state index in [1.165, 1.54) is 0 Å². The smallest absolute Gasteiger partial charge is 0.237 e. The Bertz CT molecular complexity index is 408. The number of carbonyl (C=O) groups excluding carboxylic acids is 1. The Kier molecular flexibility index (Phi) is 5.71. The van der Waals surface area contributed by atoms with E-state index in [0.29, 0.717) is 13.0 Å². The summed E-state index contributed by atoms with van der Waals surface area (Å²) in [5.41, 5.74) is 1.02. The summed E-state index contributed by atoms with van der Waals surface area (Å²) in [6.45, 7) is 2.43. The standard InChI is InChI=1S/C13H15BrN2O/c1-2-3-11(8-15)13(17)16-9-10-4-6-12(14)7-5-10/h4-7,11H,2-3,9H2,1H3,(H,16,17). The van der Waals surface area contributed by atoms with Gasteiger partial charge in [-0.05, 0) is 24.1 Å². The van der Waals surface area contributed by atoms with E-state index in [0.717, 1.165) is 16.5 Å². The number of nitrogens with one attached hydrogen (secondary N) is 1. The van der Waals surface area contributed by atoms with Gasteiger partial charge in [0.15, 0.2) is 0 Å². The number of carbonyl (C=O) groups is 1. The van der Waals surface area contributed by atoms with Crippen molar-refractivity contribution in [3.05, 3.63) is 34.3 Å². The lowest BCUT2D eigenvalue weighted by molar-refractivity contribution is -0.123. The van der Waals surface area contributed by atoms with Gasteiger partial charge in [-0.25, -0.2) is 0 Å². The monoisotopic (exact) mass is 294 g/mol. The first-order valence-electron chi connectivity index (χ1n) is 5.59. The maximum Gasteiger partial charge on any atom is 0.237 e. The molecule has 1 rings (SSSR count). The predicted octanol–water partition coefficient (Wildman–Crippen LogP) is 3.01. The normalized spacial score (nSPS) is 11.6. The van der Waals surface area contributed by atoms with E-state index in [-0.39, 0.29) is 5.91 Å². The van der Waals surface area contributed by atoms with E-state index < -0.39 is 5.92 Å². The third kappa shape index (κ3) is 4.58. The van der Waals surface area contributed by atoms with Crippen LogP contribution in [0.5, 0.6) is 0 Å². The molecule has 1 unspecified atom stereocenters. The van der Waals surface area contributed by atoms with Crippen molar-refractivity contribution in [3.8, 4) is 6.07 Å². The maximum atomic E-state index is 11.7. The number of nitrogens with zero attached hydrogens (tertiary/aromatic N) is 1. The highest BCUT2D eigenvalue weighted by Gasteiger charge is 2.15. The van der Waals surface area contributed by atoms with Crippen molar-refractivity contribution in [1.29, 1.82) is 5.26 Å². The van der Waals surface area contributed by atoms with E-state index in [1.807, 2.05) is 37.3 Å². The minimum Gasteiger partial charge on any atom is -0.351 e. The lowest BCUT2D eigenvalue weighted by Crippen LogP contribution is -2.29. The largest absolute Gasteiger partial charge is 0.351 e. The molecule has 17 heavy (non-hydrogen) atoms. The first kappa shape index (κ1) is 13.7. The van der Waals surface area contributed by atoms with Crippen molar-refractivity contribution in [2.75, 3.05) is 0 Å². The first-order valence-corrected chi connectivity index (χ1v) is 6.38. The Morgan fingerprint density at radius 2 is 2.12 bits per heavy atom. The third-order valence-corrected chi connectivity index (χ3v) is 2.96. The minimum atomic E-state index is -0.532. The Hall–Kier alpha value is -1.34. The van der Waals surface area contributed by atoms with E-state index in [1.54, 1.807) is 0 Å². The Labute approximate surface area is 110 Å². The number of benzene rings is 1. The second-order valence-corrected chi connectivity index (χ2v) is 4.73. The van der Waals surface area contributed by atoms with Crippen molar-refractivity contribution in [2.45, 2.75) is 26.3 Å². The number of amides is 1. The van der Waals surface area contributed by atoms with Crippen LogP contribution in [0.4, 0.5) is 0 Å². The van der Waals surface area contributed by atoms with Gasteiger partial charge in [0.25, 0.3) is 0 Å². The second-order valence-electron chi connectivity index (χ2n) is 3.81. The molecule has 0 saturated carbocycles. The van der Waals surface area contributed by atoms with Crippen LogP contribution in [0.25, 0.3) is 0 Å². The van der Waals surface area contributed by atoms with Gasteiger partial charge in [0.1, 0.15) is 5.92 Å². The molecule has 0 heterocycles. The molecular weight excluding hydrogens is 280 g/mol. The first-order chi connectivity index (χ1) is 8.17. The molecule has 0 fully saturated rings. The molecule has 0 saturated heterocycles. The molecule has 1 amide bonds. The summed E-state index contributed by atoms with van der Waals surface area (Å²) in [4.78, 5) is 11.7. The summed E-state index contributed by atoms with van der Waals surface area (Å²) < 4.78 is 1.01. The summed E-state index contributed by atoms with van der Waals surface area (Å²) in [6, 6.07) is 9.75. The molecular formula is C13H15BrN2O. The molecule has 0 bridgehead atoms. The van der Waals surface area contributed by atoms with Gasteiger partial charge in [-0.3, -0.25) is 4.79 Å². The molecule has 0 aliphatic heterocycles. The van der Waals surface area contributed by atoms with Gasteiger partial charge in [0.2, 0.25) is 5.91 Å². The average Bonchev–Trinajstić information content (AvgIpc) is 2.35. The van der Waals surface area contributed by atoms with Crippen LogP contribution in [0.3, 0.4) is 0 Å². The molecule has 0 spiro atoms. The van der Waals surface area contributed by atoms with Crippen LogP contribution in [0, 0.1) is 17.2 Å². The van der Waals surface area contributed by atoms with Gasteiger partial charge in [0, 0.05) is 11.0 Å². The molecule has 4 heteroatoms. The van der Waals surface area contributed by atoms with Gasteiger partial charge in [-0.15, -0.1) is 0 Å². The molecule has 0 aliphatic rings. The molecule has 0 radical (unpaired) electrons. The van der Waals surface area contributed by atoms with Gasteiger partial charge in [-0.2, -0.15) is 5.26 Å². The highest BCUT2D eigenvalue weighted by molar-refractivity contribution is 9.10. The number of nitriles is 1. The third-order valence-electron chi connectivity index (χ3n) is 2.43. The highest BCUT2D eigenvalue weighted by atomic mass is 79.9. The number of halogens is 1.